The third kappa shape index (κ3) is 6.75. The summed E-state index contributed by atoms with van der Waals surface area (Å²) in [4.78, 5) is 29.4. The van der Waals surface area contributed by atoms with Crippen LogP contribution in [0.1, 0.15) is 42.7 Å². The number of hydrogen-bond donors (Lipinski definition) is 2. The van der Waals surface area contributed by atoms with Crippen LogP contribution in [0.2, 0.25) is 25.7 Å². The first-order valence-corrected chi connectivity index (χ1v) is 18.9. The molecular weight excluding hydrogens is 564 g/mol. The van der Waals surface area contributed by atoms with Crippen LogP contribution in [0.25, 0.3) is 0 Å². The van der Waals surface area contributed by atoms with Crippen molar-refractivity contribution in [1.82, 2.24) is 4.83 Å². The molecule has 0 saturated heterocycles. The summed E-state index contributed by atoms with van der Waals surface area (Å²) in [6.07, 6.45) is 0.830. The van der Waals surface area contributed by atoms with E-state index in [-0.39, 0.29) is 30.3 Å². The lowest BCUT2D eigenvalue weighted by atomic mass is 9.55. The second kappa shape index (κ2) is 12.2. The molecule has 2 aromatic rings. The molecule has 1 saturated carbocycles. The van der Waals surface area contributed by atoms with E-state index in [4.69, 9.17) is 14.2 Å². The molecule has 4 atom stereocenters. The minimum atomic E-state index is -4.04. The van der Waals surface area contributed by atoms with Crippen molar-refractivity contribution in [3.05, 3.63) is 53.6 Å². The van der Waals surface area contributed by atoms with Crippen LogP contribution in [-0.2, 0) is 29.1 Å². The summed E-state index contributed by atoms with van der Waals surface area (Å²) in [5.41, 5.74) is 1.81. The molecular formula is C29H38N2O8SSi. The lowest BCUT2D eigenvalue weighted by molar-refractivity contribution is -0.163. The van der Waals surface area contributed by atoms with Crippen molar-refractivity contribution in [2.45, 2.75) is 62.2 Å². The molecule has 2 bridgehead atoms. The highest BCUT2D eigenvalue weighted by atomic mass is 32.2. The number of hydrazone groups is 1. The van der Waals surface area contributed by atoms with Crippen LogP contribution in [0.3, 0.4) is 0 Å². The van der Waals surface area contributed by atoms with Gasteiger partial charge in [0.2, 0.25) is 0 Å². The molecule has 10 nitrogen and oxygen atoms in total. The Labute approximate surface area is 242 Å². The van der Waals surface area contributed by atoms with Crippen LogP contribution >= 0.6 is 0 Å². The first-order valence-electron chi connectivity index (χ1n) is 13.7. The smallest absolute Gasteiger partial charge is 0.310 e. The van der Waals surface area contributed by atoms with E-state index in [0.717, 1.165) is 11.6 Å². The highest BCUT2D eigenvalue weighted by Gasteiger charge is 2.57. The van der Waals surface area contributed by atoms with Gasteiger partial charge in [0.15, 0.2) is 0 Å². The number of sulfonamides is 1. The van der Waals surface area contributed by atoms with Crippen LogP contribution in [0.15, 0.2) is 52.5 Å². The number of phenols is 1. The molecule has 0 heterocycles. The third-order valence-electron chi connectivity index (χ3n) is 7.54. The van der Waals surface area contributed by atoms with Gasteiger partial charge in [-0.3, -0.25) is 9.59 Å². The molecule has 0 spiro atoms. The molecule has 0 amide bonds. The molecule has 0 aromatic heterocycles. The largest absolute Gasteiger partial charge is 0.508 e. The Morgan fingerprint density at radius 1 is 1.00 bits per heavy atom. The number of rotatable bonds is 11. The van der Waals surface area contributed by atoms with E-state index < -0.39 is 53.7 Å². The van der Waals surface area contributed by atoms with E-state index in [1.807, 2.05) is 6.92 Å². The molecule has 1 unspecified atom stereocenters. The average Bonchev–Trinajstić information content (AvgIpc) is 2.93. The van der Waals surface area contributed by atoms with Crippen molar-refractivity contribution in [3.8, 4) is 11.5 Å². The third-order valence-corrected chi connectivity index (χ3v) is 10.5. The van der Waals surface area contributed by atoms with Crippen molar-refractivity contribution in [2.24, 2.45) is 16.9 Å². The van der Waals surface area contributed by atoms with Gasteiger partial charge in [-0.1, -0.05) is 32.6 Å². The van der Waals surface area contributed by atoms with Crippen LogP contribution in [0.5, 0.6) is 11.5 Å². The zero-order valence-electron chi connectivity index (χ0n) is 24.0. The number of benzene rings is 2. The Morgan fingerprint density at radius 3 is 2.29 bits per heavy atom. The van der Waals surface area contributed by atoms with Crippen molar-refractivity contribution >= 4 is 35.7 Å². The number of methoxy groups -OCH3 is 1. The van der Waals surface area contributed by atoms with Gasteiger partial charge in [-0.25, -0.2) is 4.83 Å². The number of hydrogen-bond acceptors (Lipinski definition) is 9. The molecule has 0 aliphatic heterocycles. The van der Waals surface area contributed by atoms with E-state index in [1.54, 1.807) is 18.2 Å². The minimum Gasteiger partial charge on any atom is -0.508 e. The summed E-state index contributed by atoms with van der Waals surface area (Å²) in [5, 5.41) is 14.6. The van der Waals surface area contributed by atoms with Crippen molar-refractivity contribution in [3.63, 3.8) is 0 Å². The lowest BCUT2D eigenvalue weighted by Gasteiger charge is -2.47. The van der Waals surface area contributed by atoms with Crippen LogP contribution in [0.4, 0.5) is 0 Å². The predicted molar refractivity (Wildman–Crippen MR) is 156 cm³/mol. The number of carbonyl (C=O) groups excluding carboxylic acids is 2. The number of nitrogens with one attached hydrogen (secondary N) is 1. The van der Waals surface area contributed by atoms with Gasteiger partial charge in [-0.2, -0.15) is 13.5 Å². The van der Waals surface area contributed by atoms with Gasteiger partial charge in [0.05, 0.1) is 37.1 Å². The Hall–Kier alpha value is -3.38. The second-order valence-corrected chi connectivity index (χ2v) is 19.0. The molecule has 3 aliphatic rings. The molecule has 5 rings (SSSR count). The summed E-state index contributed by atoms with van der Waals surface area (Å²) in [7, 11) is -4.03. The number of fused-ring (bicyclic) bond motifs is 2. The number of esters is 2. The number of phenolic OH excluding ortho intramolecular Hbond substituents is 1. The Bertz CT molecular complexity index is 1420. The fraction of sp³-hybridized carbons (Fsp3) is 0.483. The van der Waals surface area contributed by atoms with E-state index in [2.05, 4.69) is 29.6 Å². The van der Waals surface area contributed by atoms with Gasteiger partial charge < -0.3 is 19.3 Å². The molecule has 3 aliphatic carbocycles. The van der Waals surface area contributed by atoms with E-state index in [0.29, 0.717) is 23.4 Å². The molecule has 2 aromatic carbocycles. The van der Waals surface area contributed by atoms with Gasteiger partial charge in [-0.15, -0.1) is 0 Å². The molecule has 0 radical (unpaired) electrons. The van der Waals surface area contributed by atoms with Crippen molar-refractivity contribution in [1.29, 1.82) is 0 Å². The van der Waals surface area contributed by atoms with Gasteiger partial charge in [0.1, 0.15) is 11.5 Å². The maximum absolute atomic E-state index is 13.6. The second-order valence-electron chi connectivity index (χ2n) is 11.7. The van der Waals surface area contributed by atoms with Crippen molar-refractivity contribution in [2.75, 3.05) is 20.3 Å². The summed E-state index contributed by atoms with van der Waals surface area (Å²) in [6.45, 7) is 8.88. The van der Waals surface area contributed by atoms with Gasteiger partial charge in [-0.05, 0) is 66.4 Å². The highest BCUT2D eigenvalue weighted by Crippen LogP contribution is 2.55. The first kappa shape index (κ1) is 30.6. The van der Waals surface area contributed by atoms with Gasteiger partial charge in [0.25, 0.3) is 10.0 Å². The summed E-state index contributed by atoms with van der Waals surface area (Å²) in [5.74, 6) is -3.69. The zero-order valence-corrected chi connectivity index (χ0v) is 25.9. The zero-order chi connectivity index (χ0) is 29.9. The fourth-order valence-electron chi connectivity index (χ4n) is 5.48. The predicted octanol–water partition coefficient (Wildman–Crippen LogP) is 4.39. The maximum atomic E-state index is 13.6. The minimum absolute atomic E-state index is 0.00979. The van der Waals surface area contributed by atoms with E-state index in [1.165, 1.54) is 31.4 Å². The van der Waals surface area contributed by atoms with Crippen molar-refractivity contribution < 1.29 is 37.3 Å². The molecule has 12 heteroatoms. The molecule has 222 valence electrons. The lowest BCUT2D eigenvalue weighted by Crippen LogP contribution is -2.51. The van der Waals surface area contributed by atoms with Gasteiger partial charge >= 0.3 is 11.9 Å². The summed E-state index contributed by atoms with van der Waals surface area (Å²) >= 11 is 0. The standard InChI is InChI=1S/C29H38N2O8SSi/c1-6-13-38-29(34)27-25-22-16-18(32)7-12-21(22)23(26(27)28(33)39-14-15-41(3,4)5)17-24(25)30-31-40(35,36)20-10-8-19(37-2)9-11-20/h7-12,16,23,25-27,31-32H,6,13-15,17H2,1-5H3/t23?,25-,26-,27-/m1/s1. The normalized spacial score (nSPS) is 22.6. The SMILES string of the molecule is CCCOC(=O)[C@H]1[C@H](C(=O)OCC[Si](C)(C)C)C2CC(=NNS(=O)(=O)c3ccc(OC)cc3)[C@H]1c1cc(O)ccc12. The van der Waals surface area contributed by atoms with Crippen LogP contribution in [-0.4, -0.2) is 59.6 Å². The highest BCUT2D eigenvalue weighted by molar-refractivity contribution is 7.89. The number of carbonyl (C=O) groups is 2. The van der Waals surface area contributed by atoms with E-state index >= 15 is 0 Å². The molecule has 41 heavy (non-hydrogen) atoms. The number of ether oxygens (including phenoxy) is 3. The average molecular weight is 603 g/mol. The maximum Gasteiger partial charge on any atom is 0.310 e. The Balaban J connectivity index is 1.72. The van der Waals surface area contributed by atoms with Gasteiger partial charge in [0, 0.05) is 25.6 Å². The monoisotopic (exact) mass is 602 g/mol. The molecule has 2 N–H and O–H groups in total. The topological polar surface area (TPSA) is 141 Å². The first-order chi connectivity index (χ1) is 19.4. The Morgan fingerprint density at radius 2 is 1.66 bits per heavy atom. The quantitative estimate of drug-likeness (QED) is 0.219. The summed E-state index contributed by atoms with van der Waals surface area (Å²) < 4.78 is 42.5. The Kier molecular flexibility index (Phi) is 9.12. The molecule has 1 fully saturated rings. The number of aromatic hydroxyl groups is 1. The fourth-order valence-corrected chi connectivity index (χ4v) is 7.03. The summed E-state index contributed by atoms with van der Waals surface area (Å²) in [6, 6.07) is 11.5. The number of nitrogens with zero attached hydrogens (tertiary/aromatic N) is 1. The van der Waals surface area contributed by atoms with Crippen LogP contribution in [0, 0.1) is 11.8 Å². The van der Waals surface area contributed by atoms with Crippen LogP contribution < -0.4 is 9.57 Å². The van der Waals surface area contributed by atoms with E-state index in [9.17, 15) is 23.1 Å².